The summed E-state index contributed by atoms with van der Waals surface area (Å²) in [7, 11) is -1.62. The van der Waals surface area contributed by atoms with E-state index in [4.69, 9.17) is 9.72 Å². The van der Waals surface area contributed by atoms with Crippen molar-refractivity contribution in [3.8, 4) is 95.5 Å². The maximum Gasteiger partial charge on any atom is 0.269 e. The van der Waals surface area contributed by atoms with Gasteiger partial charge in [0.15, 0.2) is 0 Å². The Bertz CT molecular complexity index is 4380. The van der Waals surface area contributed by atoms with Gasteiger partial charge in [0.05, 0.1) is 41.5 Å². The van der Waals surface area contributed by atoms with Gasteiger partial charge in [-0.25, -0.2) is 4.98 Å². The smallest absolute Gasteiger partial charge is 0.269 e. The lowest BCUT2D eigenvalue weighted by Gasteiger charge is -2.20. The van der Waals surface area contributed by atoms with Crippen molar-refractivity contribution in [2.24, 2.45) is 0 Å². The van der Waals surface area contributed by atoms with Crippen LogP contribution >= 0.6 is 0 Å². The normalized spacial score (nSPS) is 11.6. The number of rotatable bonds is 12. The van der Waals surface area contributed by atoms with Gasteiger partial charge in [-0.3, -0.25) is 13.7 Å². The van der Waals surface area contributed by atoms with E-state index in [1.165, 1.54) is 10.6 Å². The van der Waals surface area contributed by atoms with E-state index >= 15 is 0 Å². The highest BCUT2D eigenvalue weighted by molar-refractivity contribution is 6.88. The Labute approximate surface area is 473 Å². The Kier molecular flexibility index (Phi) is 12.5. The van der Waals surface area contributed by atoms with E-state index in [0.29, 0.717) is 5.75 Å². The average molecular weight is 1060 g/mol. The standard InChI is InChI=1S/C75H56N4OSi/c1-81(2,3)65-40-41-76-74(50-65)79-70-35-17-16-32-68(70)69-39-38-64(49-73(69)79)80-63-31-20-30-62(48-63)77-51-78(72-37-19-18-36-71(72)77)75-66(60-44-56(52-22-8-4-9-23-52)42-57(45-60)53-24-10-5-11-25-53)33-21-34-67(75)61-46-58(54-26-12-6-13-27-54)43-59(47-61)55-28-14-7-15-29-55/h4-50H,1-3H3. The molecule has 0 N–H and O–H groups in total. The van der Waals surface area contributed by atoms with Gasteiger partial charge in [0.1, 0.15) is 17.3 Å². The summed E-state index contributed by atoms with van der Waals surface area (Å²) in [5, 5.41) is 3.69. The molecule has 0 fully saturated rings. The number of imidazole rings is 1. The van der Waals surface area contributed by atoms with E-state index in [-0.39, 0.29) is 0 Å². The van der Waals surface area contributed by atoms with Gasteiger partial charge in [0.2, 0.25) is 0 Å². The van der Waals surface area contributed by atoms with Crippen LogP contribution < -0.4 is 14.5 Å². The third-order valence-corrected chi connectivity index (χ3v) is 17.6. The van der Waals surface area contributed by atoms with Crippen LogP contribution in [0.3, 0.4) is 0 Å². The van der Waals surface area contributed by atoms with Gasteiger partial charge in [-0.1, -0.05) is 213 Å². The number of aromatic nitrogens is 4. The van der Waals surface area contributed by atoms with Crippen LogP contribution in [-0.2, 0) is 0 Å². The zero-order valence-corrected chi connectivity index (χ0v) is 46.3. The van der Waals surface area contributed by atoms with E-state index in [1.54, 1.807) is 0 Å². The molecule has 0 bridgehead atoms. The maximum atomic E-state index is 6.90. The first-order valence-electron chi connectivity index (χ1n) is 27.7. The van der Waals surface area contributed by atoms with Crippen molar-refractivity contribution in [1.82, 2.24) is 14.1 Å². The second-order valence-electron chi connectivity index (χ2n) is 21.8. The molecule has 81 heavy (non-hydrogen) atoms. The van der Waals surface area contributed by atoms with Crippen LogP contribution in [0.1, 0.15) is 0 Å². The van der Waals surface area contributed by atoms with Gasteiger partial charge in [-0.15, -0.1) is 0 Å². The Hall–Kier alpha value is -10.1. The number of fused-ring (bicyclic) bond motifs is 4. The Morgan fingerprint density at radius 1 is 0.383 bits per heavy atom. The van der Waals surface area contributed by atoms with E-state index < -0.39 is 8.07 Å². The average Bonchev–Trinajstić information content (AvgIpc) is 4.31. The molecule has 0 aliphatic heterocycles. The summed E-state index contributed by atoms with van der Waals surface area (Å²) in [4.78, 5) is 4.95. The third-order valence-electron chi connectivity index (χ3n) is 15.5. The molecule has 11 aromatic carbocycles. The number of ether oxygens (including phenoxy) is 1. The fourth-order valence-electron chi connectivity index (χ4n) is 11.5. The Morgan fingerprint density at radius 2 is 0.864 bits per heavy atom. The molecular weight excluding hydrogens is 1000 g/mol. The predicted molar refractivity (Wildman–Crippen MR) is 338 cm³/mol. The van der Waals surface area contributed by atoms with Crippen LogP contribution in [0.15, 0.2) is 285 Å². The number of pyridine rings is 1. The lowest BCUT2D eigenvalue weighted by Crippen LogP contribution is -2.37. The van der Waals surface area contributed by atoms with E-state index in [1.807, 2.05) is 12.3 Å². The van der Waals surface area contributed by atoms with Crippen molar-refractivity contribution in [2.75, 3.05) is 0 Å². The van der Waals surface area contributed by atoms with E-state index in [0.717, 1.165) is 117 Å². The van der Waals surface area contributed by atoms with Crippen LogP contribution in [0.4, 0.5) is 0 Å². The third kappa shape index (κ3) is 9.41. The van der Waals surface area contributed by atoms with Gasteiger partial charge in [0.25, 0.3) is 6.33 Å². The lowest BCUT2D eigenvalue weighted by atomic mass is 9.89. The van der Waals surface area contributed by atoms with E-state index in [9.17, 15) is 0 Å². The van der Waals surface area contributed by atoms with Gasteiger partial charge in [0, 0.05) is 23.0 Å². The largest absolute Gasteiger partial charge is 0.458 e. The van der Waals surface area contributed by atoms with Crippen LogP contribution in [0.2, 0.25) is 19.6 Å². The van der Waals surface area contributed by atoms with Crippen molar-refractivity contribution in [3.05, 3.63) is 292 Å². The van der Waals surface area contributed by atoms with Crippen LogP contribution in [0.5, 0.6) is 11.5 Å². The number of hydrogen-bond donors (Lipinski definition) is 0. The summed E-state index contributed by atoms with van der Waals surface area (Å²) in [6.07, 6.45) is 5.92. The molecule has 0 saturated carbocycles. The fraction of sp³-hybridized carbons (Fsp3) is 0.0400. The molecule has 0 amide bonds. The molecule has 0 saturated heterocycles. The summed E-state index contributed by atoms with van der Waals surface area (Å²) in [6, 6.07) is 100. The van der Waals surface area contributed by atoms with Crippen molar-refractivity contribution >= 4 is 46.1 Å². The van der Waals surface area contributed by atoms with Crippen LogP contribution in [-0.4, -0.2) is 22.2 Å². The summed E-state index contributed by atoms with van der Waals surface area (Å²) in [5.41, 5.74) is 19.6. The van der Waals surface area contributed by atoms with Crippen molar-refractivity contribution in [3.63, 3.8) is 0 Å². The highest BCUT2D eigenvalue weighted by Gasteiger charge is 2.23. The second-order valence-corrected chi connectivity index (χ2v) is 26.9. The minimum Gasteiger partial charge on any atom is -0.458 e. The highest BCUT2D eigenvalue weighted by atomic mass is 28.3. The van der Waals surface area contributed by atoms with Crippen molar-refractivity contribution < 1.29 is 9.30 Å². The Balaban J connectivity index is 0.951. The molecule has 0 atom stereocenters. The molecule has 0 aliphatic carbocycles. The number of benzene rings is 11. The molecule has 3 heterocycles. The van der Waals surface area contributed by atoms with Gasteiger partial charge in [-0.2, -0.15) is 0 Å². The summed E-state index contributed by atoms with van der Waals surface area (Å²) < 4.78 is 13.6. The first kappa shape index (κ1) is 49.2. The molecule has 0 radical (unpaired) electrons. The Morgan fingerprint density at radius 3 is 1.43 bits per heavy atom. The number of hydrogen-bond acceptors (Lipinski definition) is 2. The molecule has 386 valence electrons. The van der Waals surface area contributed by atoms with Crippen molar-refractivity contribution in [2.45, 2.75) is 19.6 Å². The topological polar surface area (TPSA) is 35.9 Å². The summed E-state index contributed by atoms with van der Waals surface area (Å²) in [5.74, 6) is 2.36. The first-order chi connectivity index (χ1) is 39.8. The van der Waals surface area contributed by atoms with E-state index in [2.05, 4.69) is 313 Å². The quantitative estimate of drug-likeness (QED) is 0.0694. The fourth-order valence-corrected chi connectivity index (χ4v) is 12.6. The summed E-state index contributed by atoms with van der Waals surface area (Å²) >= 11 is 0. The molecule has 0 aliphatic rings. The SMILES string of the molecule is C[Si](C)(C)c1ccnc(-n2c3ccccc3c3ccc(Oc4cccc(-n5[c-][n+](-c6c(-c7cc(-c8ccccc8)cc(-c8ccccc8)c7)cccc6-c6cc(-c7ccccc7)cc(-c7ccccc7)c6)c6ccccc65)c4)cc32)c1. The van der Waals surface area contributed by atoms with Gasteiger partial charge in [-0.05, 0) is 152 Å². The van der Waals surface area contributed by atoms with Crippen molar-refractivity contribution in [1.29, 1.82) is 0 Å². The highest BCUT2D eigenvalue weighted by Crippen LogP contribution is 2.42. The molecule has 3 aromatic heterocycles. The second kappa shape index (κ2) is 20.6. The first-order valence-corrected chi connectivity index (χ1v) is 31.2. The molecule has 14 rings (SSSR count). The minimum atomic E-state index is -1.62. The zero-order chi connectivity index (χ0) is 54.4. The van der Waals surface area contributed by atoms with Gasteiger partial charge >= 0.3 is 0 Å². The zero-order valence-electron chi connectivity index (χ0n) is 45.3. The van der Waals surface area contributed by atoms with Crippen LogP contribution in [0, 0.1) is 6.33 Å². The molecule has 5 nitrogen and oxygen atoms in total. The molecule has 6 heteroatoms. The maximum absolute atomic E-state index is 6.90. The predicted octanol–water partition coefficient (Wildman–Crippen LogP) is 18.5. The minimum absolute atomic E-state index is 0.713. The molecule has 0 unspecified atom stereocenters. The molecule has 0 spiro atoms. The van der Waals surface area contributed by atoms with Crippen LogP contribution in [0.25, 0.3) is 117 Å². The monoisotopic (exact) mass is 1060 g/mol. The summed E-state index contributed by atoms with van der Waals surface area (Å²) in [6.45, 7) is 7.13. The lowest BCUT2D eigenvalue weighted by molar-refractivity contribution is -0.571. The molecule has 14 aromatic rings. The molecular formula is C75H56N4OSi. The number of nitrogens with zero attached hydrogens (tertiary/aromatic N) is 4. The number of para-hydroxylation sites is 4. The van der Waals surface area contributed by atoms with Gasteiger partial charge < -0.3 is 4.74 Å².